The van der Waals surface area contributed by atoms with Crippen molar-refractivity contribution in [2.24, 2.45) is 5.92 Å². The SMILES string of the molecule is OCCC1CCN(Cc2ccn(C3CCCCC3)n2)C1. The first-order valence-electron chi connectivity index (χ1n) is 8.22. The molecule has 1 aromatic rings. The Labute approximate surface area is 121 Å². The Morgan fingerprint density at radius 1 is 1.20 bits per heavy atom. The molecule has 0 bridgehead atoms. The highest BCUT2D eigenvalue weighted by molar-refractivity contribution is 5.00. The Kier molecular flexibility index (Phi) is 4.73. The molecule has 0 amide bonds. The van der Waals surface area contributed by atoms with Crippen molar-refractivity contribution in [1.82, 2.24) is 14.7 Å². The average molecular weight is 277 g/mol. The van der Waals surface area contributed by atoms with Crippen LogP contribution < -0.4 is 0 Å². The number of aliphatic hydroxyl groups excluding tert-OH is 1. The second kappa shape index (κ2) is 6.72. The fraction of sp³-hybridized carbons (Fsp3) is 0.812. The van der Waals surface area contributed by atoms with Crippen LogP contribution in [0.1, 0.15) is 56.7 Å². The maximum absolute atomic E-state index is 9.02. The van der Waals surface area contributed by atoms with Crippen molar-refractivity contribution in [3.05, 3.63) is 18.0 Å². The molecule has 4 nitrogen and oxygen atoms in total. The Bertz CT molecular complexity index is 412. The van der Waals surface area contributed by atoms with Crippen molar-refractivity contribution in [2.45, 2.75) is 57.5 Å². The van der Waals surface area contributed by atoms with E-state index in [2.05, 4.69) is 21.8 Å². The second-order valence-corrected chi connectivity index (χ2v) is 6.48. The molecule has 1 aliphatic carbocycles. The molecule has 1 unspecified atom stereocenters. The van der Waals surface area contributed by atoms with E-state index in [1.54, 1.807) is 0 Å². The van der Waals surface area contributed by atoms with Gasteiger partial charge >= 0.3 is 0 Å². The smallest absolute Gasteiger partial charge is 0.0764 e. The van der Waals surface area contributed by atoms with Gasteiger partial charge in [-0.1, -0.05) is 19.3 Å². The van der Waals surface area contributed by atoms with Gasteiger partial charge in [-0.2, -0.15) is 5.10 Å². The lowest BCUT2D eigenvalue weighted by Crippen LogP contribution is -2.21. The van der Waals surface area contributed by atoms with E-state index in [1.807, 2.05) is 0 Å². The van der Waals surface area contributed by atoms with Crippen molar-refractivity contribution in [1.29, 1.82) is 0 Å². The summed E-state index contributed by atoms with van der Waals surface area (Å²) in [6, 6.07) is 2.83. The Hall–Kier alpha value is -0.870. The minimum absolute atomic E-state index is 0.328. The van der Waals surface area contributed by atoms with Gasteiger partial charge in [-0.05, 0) is 44.2 Å². The zero-order chi connectivity index (χ0) is 13.8. The zero-order valence-electron chi connectivity index (χ0n) is 12.4. The summed E-state index contributed by atoms with van der Waals surface area (Å²) in [5.74, 6) is 0.681. The van der Waals surface area contributed by atoms with Crippen molar-refractivity contribution >= 4 is 0 Å². The number of hydrogen-bond donors (Lipinski definition) is 1. The lowest BCUT2D eigenvalue weighted by molar-refractivity contribution is 0.248. The summed E-state index contributed by atoms with van der Waals surface area (Å²) in [5.41, 5.74) is 1.21. The second-order valence-electron chi connectivity index (χ2n) is 6.48. The molecule has 1 N–H and O–H groups in total. The molecule has 2 aliphatic rings. The van der Waals surface area contributed by atoms with Crippen LogP contribution in [0, 0.1) is 5.92 Å². The molecular weight excluding hydrogens is 250 g/mol. The largest absolute Gasteiger partial charge is 0.396 e. The van der Waals surface area contributed by atoms with Gasteiger partial charge in [0.2, 0.25) is 0 Å². The molecule has 2 heterocycles. The predicted octanol–water partition coefficient (Wildman–Crippen LogP) is 2.59. The van der Waals surface area contributed by atoms with Gasteiger partial charge in [0.15, 0.2) is 0 Å². The molecule has 3 rings (SSSR count). The van der Waals surface area contributed by atoms with Gasteiger partial charge in [0, 0.05) is 25.9 Å². The quantitative estimate of drug-likeness (QED) is 0.899. The fourth-order valence-corrected chi connectivity index (χ4v) is 3.71. The summed E-state index contributed by atoms with van der Waals surface area (Å²) in [6.45, 7) is 3.58. The number of likely N-dealkylation sites (tertiary alicyclic amines) is 1. The average Bonchev–Trinajstić information content (AvgIpc) is 3.11. The molecule has 4 heteroatoms. The van der Waals surface area contributed by atoms with Gasteiger partial charge in [-0.15, -0.1) is 0 Å². The van der Waals surface area contributed by atoms with E-state index < -0.39 is 0 Å². The molecule has 112 valence electrons. The van der Waals surface area contributed by atoms with Crippen LogP contribution in [0.2, 0.25) is 0 Å². The highest BCUT2D eigenvalue weighted by atomic mass is 16.3. The molecule has 0 spiro atoms. The van der Waals surface area contributed by atoms with Crippen molar-refractivity contribution in [2.75, 3.05) is 19.7 Å². The summed E-state index contributed by atoms with van der Waals surface area (Å²) >= 11 is 0. The summed E-state index contributed by atoms with van der Waals surface area (Å²) < 4.78 is 2.20. The predicted molar refractivity (Wildman–Crippen MR) is 79.4 cm³/mol. The van der Waals surface area contributed by atoms with Crippen LogP contribution in [0.3, 0.4) is 0 Å². The number of nitrogens with zero attached hydrogens (tertiary/aromatic N) is 3. The van der Waals surface area contributed by atoms with E-state index >= 15 is 0 Å². The third kappa shape index (κ3) is 3.41. The van der Waals surface area contributed by atoms with Crippen LogP contribution in [-0.2, 0) is 6.54 Å². The normalized spacial score (nSPS) is 25.4. The molecule has 1 saturated heterocycles. The monoisotopic (exact) mass is 277 g/mol. The molecule has 1 atom stereocenters. The lowest BCUT2D eigenvalue weighted by atomic mass is 9.96. The molecule has 20 heavy (non-hydrogen) atoms. The van der Waals surface area contributed by atoms with E-state index in [9.17, 15) is 0 Å². The fourth-order valence-electron chi connectivity index (χ4n) is 3.71. The van der Waals surface area contributed by atoms with E-state index in [4.69, 9.17) is 10.2 Å². The lowest BCUT2D eigenvalue weighted by Gasteiger charge is -2.22. The van der Waals surface area contributed by atoms with E-state index in [0.717, 1.165) is 26.1 Å². The van der Waals surface area contributed by atoms with Crippen LogP contribution in [-0.4, -0.2) is 39.5 Å². The van der Waals surface area contributed by atoms with Crippen molar-refractivity contribution in [3.8, 4) is 0 Å². The van der Waals surface area contributed by atoms with Crippen molar-refractivity contribution < 1.29 is 5.11 Å². The minimum Gasteiger partial charge on any atom is -0.396 e. The summed E-state index contributed by atoms with van der Waals surface area (Å²) in [5, 5.41) is 13.8. The van der Waals surface area contributed by atoms with Crippen LogP contribution in [0.15, 0.2) is 12.3 Å². The highest BCUT2D eigenvalue weighted by Gasteiger charge is 2.23. The Morgan fingerprint density at radius 2 is 2.05 bits per heavy atom. The Morgan fingerprint density at radius 3 is 2.85 bits per heavy atom. The molecule has 0 radical (unpaired) electrons. The highest BCUT2D eigenvalue weighted by Crippen LogP contribution is 2.28. The molecule has 0 aromatic carbocycles. The van der Waals surface area contributed by atoms with Gasteiger partial charge in [0.05, 0.1) is 11.7 Å². The van der Waals surface area contributed by atoms with Crippen LogP contribution in [0.4, 0.5) is 0 Å². The number of rotatable bonds is 5. The third-order valence-corrected chi connectivity index (χ3v) is 4.91. The van der Waals surface area contributed by atoms with Crippen LogP contribution in [0.5, 0.6) is 0 Å². The molecule has 1 aromatic heterocycles. The summed E-state index contributed by atoms with van der Waals surface area (Å²) in [7, 11) is 0. The maximum atomic E-state index is 9.02. The summed E-state index contributed by atoms with van der Waals surface area (Å²) in [6.07, 6.45) is 11.0. The van der Waals surface area contributed by atoms with Crippen molar-refractivity contribution in [3.63, 3.8) is 0 Å². The molecule has 1 saturated carbocycles. The number of aromatic nitrogens is 2. The van der Waals surface area contributed by atoms with Crippen LogP contribution >= 0.6 is 0 Å². The first-order chi connectivity index (χ1) is 9.85. The number of hydrogen-bond acceptors (Lipinski definition) is 3. The number of aliphatic hydroxyl groups is 1. The van der Waals surface area contributed by atoms with E-state index in [0.29, 0.717) is 18.6 Å². The third-order valence-electron chi connectivity index (χ3n) is 4.91. The summed E-state index contributed by atoms with van der Waals surface area (Å²) in [4.78, 5) is 2.48. The molecule has 1 aliphatic heterocycles. The van der Waals surface area contributed by atoms with Gasteiger partial charge in [0.1, 0.15) is 0 Å². The first kappa shape index (κ1) is 14.1. The van der Waals surface area contributed by atoms with E-state index in [1.165, 1.54) is 44.2 Å². The van der Waals surface area contributed by atoms with Gasteiger partial charge in [0.25, 0.3) is 0 Å². The zero-order valence-corrected chi connectivity index (χ0v) is 12.4. The van der Waals surface area contributed by atoms with Gasteiger partial charge < -0.3 is 5.11 Å². The minimum atomic E-state index is 0.328. The van der Waals surface area contributed by atoms with Gasteiger partial charge in [-0.3, -0.25) is 9.58 Å². The van der Waals surface area contributed by atoms with E-state index in [-0.39, 0.29) is 0 Å². The first-order valence-corrected chi connectivity index (χ1v) is 8.22. The topological polar surface area (TPSA) is 41.3 Å². The van der Waals surface area contributed by atoms with Gasteiger partial charge in [-0.25, -0.2) is 0 Å². The van der Waals surface area contributed by atoms with Crippen LogP contribution in [0.25, 0.3) is 0 Å². The Balaban J connectivity index is 1.52. The molecular formula is C16H27N3O. The standard InChI is InChI=1S/C16H27N3O/c20-11-8-14-6-9-18(12-14)13-15-7-10-19(17-15)16-4-2-1-3-5-16/h7,10,14,16,20H,1-6,8-9,11-13H2. The molecule has 2 fully saturated rings. The maximum Gasteiger partial charge on any atom is 0.0764 e.